The molecule has 6 nitrogen and oxygen atoms in total. The molecule has 1 aliphatic heterocycles. The molecule has 0 spiro atoms. The van der Waals surface area contributed by atoms with Crippen LogP contribution in [-0.2, 0) is 9.47 Å². The first kappa shape index (κ1) is 17.8. The van der Waals surface area contributed by atoms with Crippen molar-refractivity contribution in [1.29, 1.82) is 0 Å². The second-order valence-electron chi connectivity index (χ2n) is 5.34. The number of hydrogen-bond acceptors (Lipinski definition) is 6. The molecule has 20 heavy (non-hydrogen) atoms. The Hall–Kier alpha value is -0.240. The lowest BCUT2D eigenvalue weighted by atomic mass is 9.99. The monoisotopic (exact) mass is 292 g/mol. The number of rotatable bonds is 9. The van der Waals surface area contributed by atoms with E-state index < -0.39 is 37.3 Å². The largest absolute Gasteiger partial charge is 0.394 e. The molecule has 0 aromatic carbocycles. The third-order valence-electron chi connectivity index (χ3n) is 3.63. The smallest absolute Gasteiger partial charge is 0.186 e. The summed E-state index contributed by atoms with van der Waals surface area (Å²) in [5.74, 6) is 0. The average Bonchev–Trinajstić information content (AvgIpc) is 2.46. The first-order valence-corrected chi connectivity index (χ1v) is 7.54. The normalized spacial score (nSPS) is 34.4. The molecule has 4 N–H and O–H groups in total. The maximum atomic E-state index is 9.75. The van der Waals surface area contributed by atoms with Crippen LogP contribution in [0.1, 0.15) is 45.4 Å². The van der Waals surface area contributed by atoms with Crippen molar-refractivity contribution in [2.24, 2.45) is 0 Å². The molecule has 1 saturated heterocycles. The maximum absolute atomic E-state index is 9.75. The Balaban J connectivity index is 2.21. The predicted octanol–water partition coefficient (Wildman–Crippen LogP) is 0.163. The van der Waals surface area contributed by atoms with Crippen molar-refractivity contribution < 1.29 is 29.9 Å². The topological polar surface area (TPSA) is 99.4 Å². The Labute approximate surface area is 120 Å². The van der Waals surface area contributed by atoms with Crippen LogP contribution in [0.2, 0.25) is 0 Å². The first-order chi connectivity index (χ1) is 9.61. The van der Waals surface area contributed by atoms with E-state index in [1.165, 1.54) is 19.3 Å². The molecule has 0 saturated carbocycles. The minimum absolute atomic E-state index is 0.425. The van der Waals surface area contributed by atoms with Gasteiger partial charge in [-0.3, -0.25) is 0 Å². The van der Waals surface area contributed by atoms with Gasteiger partial charge in [0.1, 0.15) is 24.4 Å². The second kappa shape index (κ2) is 9.65. The van der Waals surface area contributed by atoms with E-state index in [2.05, 4.69) is 6.92 Å². The predicted molar refractivity (Wildman–Crippen MR) is 73.1 cm³/mol. The lowest BCUT2D eigenvalue weighted by Gasteiger charge is -2.39. The van der Waals surface area contributed by atoms with Crippen LogP contribution in [-0.4, -0.2) is 64.3 Å². The van der Waals surface area contributed by atoms with Crippen LogP contribution < -0.4 is 0 Å². The lowest BCUT2D eigenvalue weighted by Crippen LogP contribution is -2.59. The highest BCUT2D eigenvalue weighted by Gasteiger charge is 2.43. The van der Waals surface area contributed by atoms with Gasteiger partial charge in [-0.1, -0.05) is 39.0 Å². The van der Waals surface area contributed by atoms with Crippen LogP contribution in [0.5, 0.6) is 0 Å². The van der Waals surface area contributed by atoms with Gasteiger partial charge < -0.3 is 29.9 Å². The third kappa shape index (κ3) is 5.27. The minimum Gasteiger partial charge on any atom is -0.394 e. The minimum atomic E-state index is -1.37. The molecule has 0 aromatic rings. The highest BCUT2D eigenvalue weighted by molar-refractivity contribution is 4.88. The Morgan fingerprint density at radius 1 is 0.900 bits per heavy atom. The molecule has 0 bridgehead atoms. The molecule has 1 aliphatic rings. The molecule has 0 unspecified atom stereocenters. The second-order valence-corrected chi connectivity index (χ2v) is 5.34. The first-order valence-electron chi connectivity index (χ1n) is 7.54. The molecule has 0 amide bonds. The molecule has 1 rings (SSSR count). The molecule has 1 heterocycles. The van der Waals surface area contributed by atoms with Crippen LogP contribution in [0, 0.1) is 0 Å². The fraction of sp³-hybridized carbons (Fsp3) is 1.00. The maximum Gasteiger partial charge on any atom is 0.186 e. The van der Waals surface area contributed by atoms with Gasteiger partial charge in [-0.05, 0) is 6.42 Å². The molecule has 0 aromatic heterocycles. The summed E-state index contributed by atoms with van der Waals surface area (Å²) in [6, 6.07) is 0. The summed E-state index contributed by atoms with van der Waals surface area (Å²) in [5, 5.41) is 38.0. The molecule has 0 aliphatic carbocycles. The van der Waals surface area contributed by atoms with Crippen molar-refractivity contribution in [3.63, 3.8) is 0 Å². The van der Waals surface area contributed by atoms with Crippen molar-refractivity contribution in [1.82, 2.24) is 0 Å². The molecular weight excluding hydrogens is 264 g/mol. The SMILES string of the molecule is CCCCCCCCO[C@H]1O[C@@H](CO)[C@@H](O)[C@H](O)[C@@H]1O. The van der Waals surface area contributed by atoms with E-state index in [0.717, 1.165) is 19.3 Å². The number of unbranched alkanes of at least 4 members (excludes halogenated alkanes) is 5. The Morgan fingerprint density at radius 3 is 2.20 bits per heavy atom. The van der Waals surface area contributed by atoms with Gasteiger partial charge in [-0.15, -0.1) is 0 Å². The van der Waals surface area contributed by atoms with E-state index in [-0.39, 0.29) is 0 Å². The van der Waals surface area contributed by atoms with E-state index >= 15 is 0 Å². The summed E-state index contributed by atoms with van der Waals surface area (Å²) < 4.78 is 10.6. The highest BCUT2D eigenvalue weighted by Crippen LogP contribution is 2.22. The summed E-state index contributed by atoms with van der Waals surface area (Å²) >= 11 is 0. The van der Waals surface area contributed by atoms with Crippen molar-refractivity contribution in [2.75, 3.05) is 13.2 Å². The molecule has 120 valence electrons. The molecular formula is C14H28O6. The van der Waals surface area contributed by atoms with Crippen LogP contribution in [0.15, 0.2) is 0 Å². The van der Waals surface area contributed by atoms with Crippen LogP contribution in [0.4, 0.5) is 0 Å². The average molecular weight is 292 g/mol. The Kier molecular flexibility index (Phi) is 8.60. The zero-order valence-electron chi connectivity index (χ0n) is 12.1. The lowest BCUT2D eigenvalue weighted by molar-refractivity contribution is -0.301. The fourth-order valence-corrected chi connectivity index (χ4v) is 2.29. The highest BCUT2D eigenvalue weighted by atomic mass is 16.7. The zero-order valence-corrected chi connectivity index (χ0v) is 12.1. The number of ether oxygens (including phenoxy) is 2. The van der Waals surface area contributed by atoms with Gasteiger partial charge in [0.25, 0.3) is 0 Å². The van der Waals surface area contributed by atoms with Gasteiger partial charge in [-0.2, -0.15) is 0 Å². The third-order valence-corrected chi connectivity index (χ3v) is 3.63. The molecule has 0 radical (unpaired) electrons. The quantitative estimate of drug-likeness (QED) is 0.452. The van der Waals surface area contributed by atoms with Gasteiger partial charge in [0, 0.05) is 6.61 Å². The van der Waals surface area contributed by atoms with Crippen molar-refractivity contribution in [2.45, 2.75) is 76.2 Å². The van der Waals surface area contributed by atoms with Crippen LogP contribution >= 0.6 is 0 Å². The Bertz CT molecular complexity index is 248. The molecule has 6 heteroatoms. The summed E-state index contributed by atoms with van der Waals surface area (Å²) in [6.07, 6.45) is 0.851. The van der Waals surface area contributed by atoms with E-state index in [4.69, 9.17) is 14.6 Å². The summed E-state index contributed by atoms with van der Waals surface area (Å²) in [4.78, 5) is 0. The molecule has 1 fully saturated rings. The fourth-order valence-electron chi connectivity index (χ4n) is 2.29. The Morgan fingerprint density at radius 2 is 1.55 bits per heavy atom. The van der Waals surface area contributed by atoms with Gasteiger partial charge >= 0.3 is 0 Å². The summed E-state index contributed by atoms with van der Waals surface area (Å²) in [7, 11) is 0. The standard InChI is InChI=1S/C14H28O6/c1-2-3-4-5-6-7-8-19-14-13(18)12(17)11(16)10(9-15)20-14/h10-18H,2-9H2,1H3/t10-,11+,12-,13-,14-/m0/s1. The van der Waals surface area contributed by atoms with Gasteiger partial charge in [0.15, 0.2) is 6.29 Å². The summed E-state index contributed by atoms with van der Waals surface area (Å²) in [5.41, 5.74) is 0. The number of aliphatic hydroxyl groups excluding tert-OH is 4. The van der Waals surface area contributed by atoms with E-state index in [1.807, 2.05) is 0 Å². The summed E-state index contributed by atoms with van der Waals surface area (Å²) in [6.45, 7) is 2.17. The zero-order chi connectivity index (χ0) is 15.0. The van der Waals surface area contributed by atoms with Crippen molar-refractivity contribution >= 4 is 0 Å². The van der Waals surface area contributed by atoms with E-state index in [0.29, 0.717) is 6.61 Å². The molecule has 5 atom stereocenters. The van der Waals surface area contributed by atoms with Crippen molar-refractivity contribution in [3.05, 3.63) is 0 Å². The van der Waals surface area contributed by atoms with Crippen LogP contribution in [0.3, 0.4) is 0 Å². The van der Waals surface area contributed by atoms with Gasteiger partial charge in [0.2, 0.25) is 0 Å². The van der Waals surface area contributed by atoms with E-state index in [1.54, 1.807) is 0 Å². The van der Waals surface area contributed by atoms with Crippen LogP contribution in [0.25, 0.3) is 0 Å². The number of hydrogen-bond donors (Lipinski definition) is 4. The van der Waals surface area contributed by atoms with Crippen molar-refractivity contribution in [3.8, 4) is 0 Å². The van der Waals surface area contributed by atoms with Gasteiger partial charge in [-0.25, -0.2) is 0 Å². The number of aliphatic hydroxyl groups is 4. The van der Waals surface area contributed by atoms with Gasteiger partial charge in [0.05, 0.1) is 6.61 Å². The van der Waals surface area contributed by atoms with E-state index in [9.17, 15) is 15.3 Å².